The van der Waals surface area contributed by atoms with E-state index in [9.17, 15) is 0 Å². The fraction of sp³-hybridized carbons (Fsp3) is 0.476. The molecule has 0 aliphatic carbocycles. The topological polar surface area (TPSA) is 106 Å². The van der Waals surface area contributed by atoms with Gasteiger partial charge in [0.25, 0.3) is 0 Å². The molecule has 4 rings (SSSR count). The van der Waals surface area contributed by atoms with E-state index in [2.05, 4.69) is 36.6 Å². The molecule has 2 fully saturated rings. The van der Waals surface area contributed by atoms with E-state index in [4.69, 9.17) is 16.2 Å². The van der Waals surface area contributed by atoms with E-state index in [1.807, 2.05) is 13.0 Å². The predicted octanol–water partition coefficient (Wildman–Crippen LogP) is 1.05. The van der Waals surface area contributed by atoms with Gasteiger partial charge in [-0.05, 0) is 31.9 Å². The van der Waals surface area contributed by atoms with Crippen molar-refractivity contribution in [1.82, 2.24) is 19.9 Å². The molecule has 2 aromatic rings. The van der Waals surface area contributed by atoms with E-state index in [1.54, 1.807) is 12.3 Å². The number of ether oxygens (including phenoxy) is 1. The van der Waals surface area contributed by atoms with Crippen molar-refractivity contribution < 1.29 is 4.74 Å². The zero-order valence-electron chi connectivity index (χ0n) is 16.8. The molecule has 0 aromatic carbocycles. The normalized spacial score (nSPS) is 18.3. The van der Waals surface area contributed by atoms with E-state index < -0.39 is 0 Å². The number of aryl methyl sites for hydroxylation is 1. The highest BCUT2D eigenvalue weighted by atomic mass is 16.5. The van der Waals surface area contributed by atoms with Crippen LogP contribution in [0.3, 0.4) is 0 Å². The van der Waals surface area contributed by atoms with Crippen LogP contribution in [0.4, 0.5) is 17.6 Å². The Morgan fingerprint density at radius 3 is 2.48 bits per heavy atom. The van der Waals surface area contributed by atoms with Crippen molar-refractivity contribution in [3.8, 4) is 11.8 Å². The number of nitrogens with two attached hydrogens (primary N) is 2. The van der Waals surface area contributed by atoms with Gasteiger partial charge in [-0.25, -0.2) is 9.97 Å². The highest BCUT2D eigenvalue weighted by Gasteiger charge is 2.27. The van der Waals surface area contributed by atoms with Gasteiger partial charge in [0.2, 0.25) is 5.95 Å². The van der Waals surface area contributed by atoms with Crippen LogP contribution in [0.5, 0.6) is 0 Å². The maximum absolute atomic E-state index is 5.96. The number of rotatable bonds is 2. The molecule has 8 heteroatoms. The molecule has 0 unspecified atom stereocenters. The molecule has 0 amide bonds. The lowest BCUT2D eigenvalue weighted by atomic mass is 10.1. The lowest BCUT2D eigenvalue weighted by Crippen LogP contribution is -2.52. The van der Waals surface area contributed by atoms with Crippen molar-refractivity contribution in [3.63, 3.8) is 0 Å². The number of nitrogens with zero attached hydrogens (tertiary/aromatic N) is 5. The van der Waals surface area contributed by atoms with Gasteiger partial charge in [0.15, 0.2) is 0 Å². The number of hydrogen-bond donors (Lipinski definition) is 2. The van der Waals surface area contributed by atoms with Gasteiger partial charge in [0.05, 0.1) is 11.3 Å². The third-order valence-corrected chi connectivity index (χ3v) is 5.53. The minimum atomic E-state index is 0.282. The Kier molecular flexibility index (Phi) is 5.79. The first-order valence-corrected chi connectivity index (χ1v) is 10.0. The molecule has 29 heavy (non-hydrogen) atoms. The Morgan fingerprint density at radius 1 is 1.03 bits per heavy atom. The predicted molar refractivity (Wildman–Crippen MR) is 113 cm³/mol. The molecule has 2 aliphatic heterocycles. The summed E-state index contributed by atoms with van der Waals surface area (Å²) in [4.78, 5) is 17.8. The third kappa shape index (κ3) is 4.58. The number of piperazine rings is 1. The Morgan fingerprint density at radius 2 is 1.79 bits per heavy atom. The summed E-state index contributed by atoms with van der Waals surface area (Å²) in [6.45, 7) is 7.45. The number of aromatic nitrogens is 3. The van der Waals surface area contributed by atoms with Gasteiger partial charge < -0.3 is 21.1 Å². The molecule has 2 aromatic heterocycles. The van der Waals surface area contributed by atoms with Crippen LogP contribution in [0.2, 0.25) is 0 Å². The van der Waals surface area contributed by atoms with Crippen molar-refractivity contribution in [3.05, 3.63) is 35.2 Å². The maximum Gasteiger partial charge on any atom is 0.222 e. The van der Waals surface area contributed by atoms with Crippen LogP contribution in [0.1, 0.15) is 29.7 Å². The molecular formula is C21H27N7O. The zero-order valence-corrected chi connectivity index (χ0v) is 16.8. The van der Waals surface area contributed by atoms with E-state index in [-0.39, 0.29) is 5.95 Å². The molecule has 2 saturated heterocycles. The summed E-state index contributed by atoms with van der Waals surface area (Å²) >= 11 is 0. The molecule has 4 heterocycles. The van der Waals surface area contributed by atoms with Crippen molar-refractivity contribution in [2.75, 3.05) is 55.8 Å². The standard InChI is InChI=1S/C21H27N7O/c1-15-18(4-2-16-3-5-19(22)24-14-16)20(26-21(23)25-15)28-10-8-27(9-11-28)17-6-12-29-13-7-17/h3,5,14,17H,6-13H2,1H3,(H2,22,24)(H2,23,25,26). The van der Waals surface area contributed by atoms with E-state index in [1.165, 1.54) is 0 Å². The highest BCUT2D eigenvalue weighted by Crippen LogP contribution is 2.24. The molecule has 0 saturated carbocycles. The molecule has 4 N–H and O–H groups in total. The first-order valence-electron chi connectivity index (χ1n) is 10.0. The van der Waals surface area contributed by atoms with Gasteiger partial charge in [0, 0.05) is 57.2 Å². The van der Waals surface area contributed by atoms with Gasteiger partial charge in [-0.1, -0.05) is 11.8 Å². The van der Waals surface area contributed by atoms with Gasteiger partial charge >= 0.3 is 0 Å². The van der Waals surface area contributed by atoms with Crippen molar-refractivity contribution in [2.45, 2.75) is 25.8 Å². The van der Waals surface area contributed by atoms with Crippen LogP contribution in [-0.4, -0.2) is 65.3 Å². The van der Waals surface area contributed by atoms with E-state index in [0.29, 0.717) is 11.9 Å². The second-order valence-electron chi connectivity index (χ2n) is 7.45. The number of anilines is 3. The minimum Gasteiger partial charge on any atom is -0.384 e. The Bertz CT molecular complexity index is 905. The number of pyridine rings is 1. The Balaban J connectivity index is 1.54. The SMILES string of the molecule is Cc1nc(N)nc(N2CCN(C3CCOCC3)CC2)c1C#Cc1ccc(N)nc1. The van der Waals surface area contributed by atoms with Gasteiger partial charge in [-0.3, -0.25) is 4.90 Å². The third-order valence-electron chi connectivity index (χ3n) is 5.53. The first kappa shape index (κ1) is 19.4. The monoisotopic (exact) mass is 393 g/mol. The summed E-state index contributed by atoms with van der Waals surface area (Å²) in [7, 11) is 0. The highest BCUT2D eigenvalue weighted by molar-refractivity contribution is 5.61. The van der Waals surface area contributed by atoms with E-state index in [0.717, 1.165) is 74.9 Å². The van der Waals surface area contributed by atoms with Crippen LogP contribution >= 0.6 is 0 Å². The zero-order chi connectivity index (χ0) is 20.2. The van der Waals surface area contributed by atoms with Crippen LogP contribution in [0.25, 0.3) is 0 Å². The summed E-state index contributed by atoms with van der Waals surface area (Å²) < 4.78 is 5.50. The lowest BCUT2D eigenvalue weighted by Gasteiger charge is -2.41. The molecule has 0 atom stereocenters. The number of nitrogen functional groups attached to an aromatic ring is 2. The van der Waals surface area contributed by atoms with Crippen LogP contribution in [0, 0.1) is 18.8 Å². The molecule has 8 nitrogen and oxygen atoms in total. The van der Waals surface area contributed by atoms with Gasteiger partial charge in [0.1, 0.15) is 11.6 Å². The molecule has 2 aliphatic rings. The Labute approximate surface area is 171 Å². The first-order chi connectivity index (χ1) is 14.1. The summed E-state index contributed by atoms with van der Waals surface area (Å²) in [5.74, 6) is 7.96. The molecule has 152 valence electrons. The van der Waals surface area contributed by atoms with E-state index >= 15 is 0 Å². The quantitative estimate of drug-likeness (QED) is 0.729. The average molecular weight is 393 g/mol. The van der Waals surface area contributed by atoms with Gasteiger partial charge in [-0.2, -0.15) is 4.98 Å². The van der Waals surface area contributed by atoms with Crippen molar-refractivity contribution >= 4 is 17.6 Å². The molecule has 0 bridgehead atoms. The second kappa shape index (κ2) is 8.64. The van der Waals surface area contributed by atoms with Gasteiger partial charge in [-0.15, -0.1) is 0 Å². The fourth-order valence-corrected chi connectivity index (χ4v) is 3.92. The summed E-state index contributed by atoms with van der Waals surface area (Å²) in [5, 5.41) is 0. The summed E-state index contributed by atoms with van der Waals surface area (Å²) in [6.07, 6.45) is 3.90. The Hall–Kier alpha value is -2.89. The molecule has 0 spiro atoms. The molecular weight excluding hydrogens is 366 g/mol. The smallest absolute Gasteiger partial charge is 0.222 e. The average Bonchev–Trinajstić information content (AvgIpc) is 2.75. The fourth-order valence-electron chi connectivity index (χ4n) is 3.92. The summed E-state index contributed by atoms with van der Waals surface area (Å²) in [6, 6.07) is 4.22. The van der Waals surface area contributed by atoms with Crippen LogP contribution < -0.4 is 16.4 Å². The largest absolute Gasteiger partial charge is 0.384 e. The molecule has 0 radical (unpaired) electrons. The van der Waals surface area contributed by atoms with Crippen molar-refractivity contribution in [1.29, 1.82) is 0 Å². The van der Waals surface area contributed by atoms with Crippen molar-refractivity contribution in [2.24, 2.45) is 0 Å². The summed E-state index contributed by atoms with van der Waals surface area (Å²) in [5.41, 5.74) is 14.0. The van der Waals surface area contributed by atoms with Crippen LogP contribution in [-0.2, 0) is 4.74 Å². The maximum atomic E-state index is 5.96. The number of hydrogen-bond acceptors (Lipinski definition) is 8. The van der Waals surface area contributed by atoms with Crippen LogP contribution in [0.15, 0.2) is 18.3 Å². The lowest BCUT2D eigenvalue weighted by molar-refractivity contribution is 0.0321. The second-order valence-corrected chi connectivity index (χ2v) is 7.45. The minimum absolute atomic E-state index is 0.282.